The largest absolute Gasteiger partial charge is 0.381 e. The van der Waals surface area contributed by atoms with Crippen molar-refractivity contribution >= 4 is 11.8 Å². The van der Waals surface area contributed by atoms with Crippen molar-refractivity contribution in [2.75, 3.05) is 72.5 Å². The smallest absolute Gasteiger partial charge is 0.236 e. The van der Waals surface area contributed by atoms with E-state index in [2.05, 4.69) is 10.6 Å². The van der Waals surface area contributed by atoms with E-state index in [0.717, 1.165) is 25.7 Å². The molecule has 0 saturated carbocycles. The first-order valence-electron chi connectivity index (χ1n) is 11.4. The van der Waals surface area contributed by atoms with E-state index in [0.29, 0.717) is 85.3 Å². The molecule has 0 spiro atoms. The summed E-state index contributed by atoms with van der Waals surface area (Å²) in [6.07, 6.45) is 4.30. The number of nitrogens with two attached hydrogens (primary N) is 2. The van der Waals surface area contributed by atoms with Crippen molar-refractivity contribution in [2.45, 2.75) is 51.5 Å². The van der Waals surface area contributed by atoms with E-state index in [1.54, 1.807) is 0 Å². The molecule has 2 amide bonds. The second-order valence-corrected chi connectivity index (χ2v) is 7.02. The minimum atomic E-state index is -0.465. The van der Waals surface area contributed by atoms with Gasteiger partial charge in [-0.2, -0.15) is 0 Å². The molecular weight excluding hydrogens is 404 g/mol. The summed E-state index contributed by atoms with van der Waals surface area (Å²) in [4.78, 5) is 23.2. The molecule has 0 saturated heterocycles. The zero-order chi connectivity index (χ0) is 23.0. The maximum atomic E-state index is 11.8. The van der Waals surface area contributed by atoms with Crippen LogP contribution in [0.3, 0.4) is 0 Å². The highest BCUT2D eigenvalue weighted by molar-refractivity contribution is 5.81. The first-order valence-corrected chi connectivity index (χ1v) is 11.4. The molecule has 0 radical (unpaired) electrons. The number of carbonyl (C=O) groups excluding carboxylic acids is 2. The summed E-state index contributed by atoms with van der Waals surface area (Å²) in [5.41, 5.74) is 11.2. The fourth-order valence-corrected chi connectivity index (χ4v) is 2.50. The fourth-order valence-electron chi connectivity index (χ4n) is 2.50. The first kappa shape index (κ1) is 29.7. The summed E-state index contributed by atoms with van der Waals surface area (Å²) < 4.78 is 21.5. The quantitative estimate of drug-likeness (QED) is 0.159. The van der Waals surface area contributed by atoms with Crippen molar-refractivity contribution in [2.24, 2.45) is 11.5 Å². The average Bonchev–Trinajstić information content (AvgIpc) is 2.76. The van der Waals surface area contributed by atoms with Gasteiger partial charge in [0.05, 0.1) is 39.1 Å². The summed E-state index contributed by atoms with van der Waals surface area (Å²) in [5, 5.41) is 5.64. The second-order valence-electron chi connectivity index (χ2n) is 7.02. The Hall–Kier alpha value is -1.30. The third-order valence-electron chi connectivity index (χ3n) is 4.28. The van der Waals surface area contributed by atoms with Crippen LogP contribution in [0.2, 0.25) is 0 Å². The second kappa shape index (κ2) is 23.4. The van der Waals surface area contributed by atoms with Crippen molar-refractivity contribution in [3.8, 4) is 0 Å². The molecule has 0 fully saturated rings. The van der Waals surface area contributed by atoms with Crippen LogP contribution in [0.4, 0.5) is 0 Å². The Bertz CT molecular complexity index is 429. The predicted octanol–water partition coefficient (Wildman–Crippen LogP) is -0.0683. The number of ether oxygens (including phenoxy) is 4. The summed E-state index contributed by atoms with van der Waals surface area (Å²) in [5.74, 6) is -0.120. The van der Waals surface area contributed by atoms with E-state index in [1.165, 1.54) is 0 Å². The molecule has 0 aliphatic carbocycles. The molecule has 0 aromatic heterocycles. The van der Waals surface area contributed by atoms with Crippen molar-refractivity contribution in [1.29, 1.82) is 0 Å². The number of hydrogen-bond acceptors (Lipinski definition) is 8. The standard InChI is InChI=1S/C21H44N4O6/c1-2-28-14-8-20(26)24-10-5-12-29-15-17-31-18-16-30-13-6-11-25-21(27)19(23)7-3-4-9-22/h19H,2-18,22-23H2,1H3,(H,24,26)(H,25,27)/t19-/m0/s1. The van der Waals surface area contributed by atoms with Crippen molar-refractivity contribution in [3.05, 3.63) is 0 Å². The number of rotatable bonds is 23. The van der Waals surface area contributed by atoms with Crippen molar-refractivity contribution in [3.63, 3.8) is 0 Å². The lowest BCUT2D eigenvalue weighted by molar-refractivity contribution is -0.123. The minimum Gasteiger partial charge on any atom is -0.381 e. The SMILES string of the molecule is CCOCCC(=O)NCCCOCCOCCOCCCNC(=O)[C@@H](N)CCCCN. The van der Waals surface area contributed by atoms with E-state index in [9.17, 15) is 9.59 Å². The van der Waals surface area contributed by atoms with Crippen LogP contribution in [0.15, 0.2) is 0 Å². The van der Waals surface area contributed by atoms with Crippen LogP contribution in [-0.4, -0.2) is 90.3 Å². The van der Waals surface area contributed by atoms with E-state index < -0.39 is 6.04 Å². The molecule has 0 bridgehead atoms. The molecule has 10 nitrogen and oxygen atoms in total. The van der Waals surface area contributed by atoms with Crippen LogP contribution < -0.4 is 22.1 Å². The molecule has 10 heteroatoms. The average molecular weight is 449 g/mol. The monoisotopic (exact) mass is 448 g/mol. The Morgan fingerprint density at radius 2 is 1.35 bits per heavy atom. The lowest BCUT2D eigenvalue weighted by Crippen LogP contribution is -2.41. The van der Waals surface area contributed by atoms with E-state index in [4.69, 9.17) is 30.4 Å². The van der Waals surface area contributed by atoms with Gasteiger partial charge in [-0.1, -0.05) is 6.42 Å². The van der Waals surface area contributed by atoms with Crippen molar-refractivity contribution in [1.82, 2.24) is 10.6 Å². The molecule has 0 rings (SSSR count). The third kappa shape index (κ3) is 21.7. The zero-order valence-electron chi connectivity index (χ0n) is 19.2. The van der Waals surface area contributed by atoms with Crippen LogP contribution in [0.1, 0.15) is 45.4 Å². The molecule has 0 aliphatic rings. The molecule has 0 aromatic carbocycles. The van der Waals surface area contributed by atoms with Gasteiger partial charge in [0, 0.05) is 39.3 Å². The minimum absolute atomic E-state index is 0.000986. The molecule has 6 N–H and O–H groups in total. The van der Waals surface area contributed by atoms with E-state index in [1.807, 2.05) is 6.92 Å². The molecule has 31 heavy (non-hydrogen) atoms. The Balaban J connectivity index is 3.25. The highest BCUT2D eigenvalue weighted by Crippen LogP contribution is 1.98. The molecule has 1 atom stereocenters. The molecule has 0 heterocycles. The van der Waals surface area contributed by atoms with Crippen LogP contribution in [0, 0.1) is 0 Å². The van der Waals surface area contributed by atoms with Gasteiger partial charge in [-0.15, -0.1) is 0 Å². The lowest BCUT2D eigenvalue weighted by Gasteiger charge is -2.12. The van der Waals surface area contributed by atoms with Gasteiger partial charge in [-0.25, -0.2) is 0 Å². The number of amides is 2. The highest BCUT2D eigenvalue weighted by atomic mass is 16.5. The maximum absolute atomic E-state index is 11.8. The number of nitrogens with one attached hydrogen (secondary N) is 2. The molecule has 184 valence electrons. The van der Waals surface area contributed by atoms with Gasteiger partial charge in [-0.3, -0.25) is 9.59 Å². The zero-order valence-corrected chi connectivity index (χ0v) is 19.2. The summed E-state index contributed by atoms with van der Waals surface area (Å²) in [6, 6.07) is -0.465. The van der Waals surface area contributed by atoms with Gasteiger partial charge < -0.3 is 41.0 Å². The predicted molar refractivity (Wildman–Crippen MR) is 120 cm³/mol. The van der Waals surface area contributed by atoms with Gasteiger partial charge in [0.25, 0.3) is 0 Å². The van der Waals surface area contributed by atoms with E-state index in [-0.39, 0.29) is 11.8 Å². The fraction of sp³-hybridized carbons (Fsp3) is 0.905. The van der Waals surface area contributed by atoms with Gasteiger partial charge in [0.2, 0.25) is 11.8 Å². The normalized spacial score (nSPS) is 12.0. The van der Waals surface area contributed by atoms with Crippen LogP contribution in [-0.2, 0) is 28.5 Å². The van der Waals surface area contributed by atoms with Crippen LogP contribution in [0.25, 0.3) is 0 Å². The first-order chi connectivity index (χ1) is 15.1. The third-order valence-corrected chi connectivity index (χ3v) is 4.28. The van der Waals surface area contributed by atoms with Gasteiger partial charge in [0.15, 0.2) is 0 Å². The van der Waals surface area contributed by atoms with Gasteiger partial charge in [0.1, 0.15) is 0 Å². The van der Waals surface area contributed by atoms with Gasteiger partial charge >= 0.3 is 0 Å². The van der Waals surface area contributed by atoms with E-state index >= 15 is 0 Å². The van der Waals surface area contributed by atoms with Crippen molar-refractivity contribution < 1.29 is 28.5 Å². The summed E-state index contributed by atoms with van der Waals surface area (Å²) >= 11 is 0. The summed E-state index contributed by atoms with van der Waals surface area (Å²) in [6.45, 7) is 7.90. The molecule has 0 aromatic rings. The topological polar surface area (TPSA) is 147 Å². The number of carbonyl (C=O) groups is 2. The Morgan fingerprint density at radius 1 is 0.774 bits per heavy atom. The number of hydrogen-bond donors (Lipinski definition) is 4. The Kier molecular flexibility index (Phi) is 22.4. The molecule has 0 unspecified atom stereocenters. The Morgan fingerprint density at radius 3 is 1.94 bits per heavy atom. The van der Waals surface area contributed by atoms with Crippen LogP contribution in [0.5, 0.6) is 0 Å². The number of unbranched alkanes of at least 4 members (excludes halogenated alkanes) is 1. The molecular formula is C21H44N4O6. The summed E-state index contributed by atoms with van der Waals surface area (Å²) in [7, 11) is 0. The Labute approximate surface area is 187 Å². The molecule has 0 aliphatic heterocycles. The highest BCUT2D eigenvalue weighted by Gasteiger charge is 2.11. The lowest BCUT2D eigenvalue weighted by atomic mass is 10.1. The van der Waals surface area contributed by atoms with Crippen LogP contribution >= 0.6 is 0 Å². The van der Waals surface area contributed by atoms with Gasteiger partial charge in [-0.05, 0) is 39.2 Å². The maximum Gasteiger partial charge on any atom is 0.236 e.